The number of methoxy groups -OCH3 is 1. The standard InChI is InChI=1S/C9H13BrN2O3/c1-6(5-15-3)12-8(13)7(10)4-11(2)9(12)14/h4,6H,5H2,1-3H3/t6-/m0/s1. The Bertz CT molecular complexity index is 429. The smallest absolute Gasteiger partial charge is 0.331 e. The van der Waals surface area contributed by atoms with Gasteiger partial charge in [-0.2, -0.15) is 0 Å². The van der Waals surface area contributed by atoms with Crippen LogP contribution < -0.4 is 11.2 Å². The van der Waals surface area contributed by atoms with Crippen LogP contribution in [-0.4, -0.2) is 22.9 Å². The minimum Gasteiger partial charge on any atom is -0.383 e. The first-order chi connectivity index (χ1) is 6.99. The third-order valence-electron chi connectivity index (χ3n) is 2.09. The van der Waals surface area contributed by atoms with Crippen molar-refractivity contribution in [1.29, 1.82) is 0 Å². The third-order valence-corrected chi connectivity index (χ3v) is 2.63. The molecule has 0 spiro atoms. The number of aromatic nitrogens is 2. The minimum absolute atomic E-state index is 0.279. The number of ether oxygens (including phenoxy) is 1. The summed E-state index contributed by atoms with van der Waals surface area (Å²) in [7, 11) is 3.13. The van der Waals surface area contributed by atoms with Crippen molar-refractivity contribution in [2.24, 2.45) is 7.05 Å². The maximum absolute atomic E-state index is 11.7. The summed E-state index contributed by atoms with van der Waals surface area (Å²) < 4.78 is 7.83. The lowest BCUT2D eigenvalue weighted by Crippen LogP contribution is -2.41. The first-order valence-electron chi connectivity index (χ1n) is 4.45. The van der Waals surface area contributed by atoms with Gasteiger partial charge in [0.15, 0.2) is 0 Å². The molecule has 0 aromatic carbocycles. The molecule has 1 aromatic heterocycles. The Kier molecular flexibility index (Phi) is 3.87. The summed E-state index contributed by atoms with van der Waals surface area (Å²) >= 11 is 3.12. The van der Waals surface area contributed by atoms with Gasteiger partial charge >= 0.3 is 5.69 Å². The van der Waals surface area contributed by atoms with Gasteiger partial charge in [0, 0.05) is 20.4 Å². The maximum Gasteiger partial charge on any atom is 0.331 e. The largest absolute Gasteiger partial charge is 0.383 e. The van der Waals surface area contributed by atoms with Gasteiger partial charge in [-0.3, -0.25) is 9.36 Å². The Balaban J connectivity index is 3.40. The Morgan fingerprint density at radius 3 is 2.67 bits per heavy atom. The molecule has 0 aliphatic heterocycles. The number of hydrogen-bond donors (Lipinski definition) is 0. The number of halogens is 1. The zero-order valence-electron chi connectivity index (χ0n) is 8.86. The Labute approximate surface area is 95.4 Å². The van der Waals surface area contributed by atoms with Crippen LogP contribution in [0.25, 0.3) is 0 Å². The van der Waals surface area contributed by atoms with Gasteiger partial charge in [0.2, 0.25) is 0 Å². The van der Waals surface area contributed by atoms with Crippen molar-refractivity contribution in [3.63, 3.8) is 0 Å². The molecule has 1 aromatic rings. The van der Waals surface area contributed by atoms with E-state index < -0.39 is 0 Å². The van der Waals surface area contributed by atoms with Crippen LogP contribution in [0, 0.1) is 0 Å². The second-order valence-electron chi connectivity index (χ2n) is 3.35. The van der Waals surface area contributed by atoms with Crippen LogP contribution in [0.15, 0.2) is 20.3 Å². The molecule has 0 N–H and O–H groups in total. The highest BCUT2D eigenvalue weighted by Crippen LogP contribution is 2.03. The summed E-state index contributed by atoms with van der Waals surface area (Å²) in [5.74, 6) is 0. The van der Waals surface area contributed by atoms with Crippen molar-refractivity contribution >= 4 is 15.9 Å². The molecule has 6 heteroatoms. The second-order valence-corrected chi connectivity index (χ2v) is 4.20. The van der Waals surface area contributed by atoms with E-state index in [0.29, 0.717) is 11.1 Å². The summed E-state index contributed by atoms with van der Waals surface area (Å²) in [6, 6.07) is -0.279. The number of aryl methyl sites for hydroxylation is 1. The monoisotopic (exact) mass is 276 g/mol. The van der Waals surface area contributed by atoms with E-state index in [-0.39, 0.29) is 17.3 Å². The van der Waals surface area contributed by atoms with E-state index in [4.69, 9.17) is 4.74 Å². The number of rotatable bonds is 3. The molecule has 0 fully saturated rings. The third kappa shape index (κ3) is 2.38. The predicted octanol–water partition coefficient (Wildman–Crippen LogP) is 0.517. The van der Waals surface area contributed by atoms with Gasteiger partial charge in [0.05, 0.1) is 17.1 Å². The number of nitrogens with zero attached hydrogens (tertiary/aromatic N) is 2. The second kappa shape index (κ2) is 4.76. The molecule has 1 rings (SSSR count). The van der Waals surface area contributed by atoms with E-state index in [0.717, 1.165) is 0 Å². The summed E-state index contributed by atoms with van der Waals surface area (Å²) in [5, 5.41) is 0. The van der Waals surface area contributed by atoms with E-state index in [9.17, 15) is 9.59 Å². The van der Waals surface area contributed by atoms with Gasteiger partial charge < -0.3 is 9.30 Å². The van der Waals surface area contributed by atoms with Crippen molar-refractivity contribution in [2.75, 3.05) is 13.7 Å². The summed E-state index contributed by atoms with van der Waals surface area (Å²) in [4.78, 5) is 23.4. The van der Waals surface area contributed by atoms with Crippen LogP contribution in [-0.2, 0) is 11.8 Å². The van der Waals surface area contributed by atoms with Gasteiger partial charge in [0.25, 0.3) is 5.56 Å². The molecule has 0 aliphatic rings. The average molecular weight is 277 g/mol. The van der Waals surface area contributed by atoms with Crippen LogP contribution in [0.1, 0.15) is 13.0 Å². The lowest BCUT2D eigenvalue weighted by molar-refractivity contribution is 0.158. The van der Waals surface area contributed by atoms with Gasteiger partial charge in [-0.25, -0.2) is 4.79 Å². The topological polar surface area (TPSA) is 53.2 Å². The van der Waals surface area contributed by atoms with Crippen molar-refractivity contribution in [1.82, 2.24) is 9.13 Å². The fourth-order valence-corrected chi connectivity index (χ4v) is 1.85. The van der Waals surface area contributed by atoms with E-state index in [1.807, 2.05) is 0 Å². The number of hydrogen-bond acceptors (Lipinski definition) is 3. The average Bonchev–Trinajstić information content (AvgIpc) is 2.16. The fourth-order valence-electron chi connectivity index (χ4n) is 1.36. The van der Waals surface area contributed by atoms with Crippen LogP contribution in [0.5, 0.6) is 0 Å². The molecule has 0 bridgehead atoms. The highest BCUT2D eigenvalue weighted by atomic mass is 79.9. The van der Waals surface area contributed by atoms with Crippen molar-refractivity contribution in [3.8, 4) is 0 Å². The molecule has 0 unspecified atom stereocenters. The van der Waals surface area contributed by atoms with Gasteiger partial charge in [0.1, 0.15) is 0 Å². The lowest BCUT2D eigenvalue weighted by Gasteiger charge is -2.14. The van der Waals surface area contributed by atoms with Crippen molar-refractivity contribution < 1.29 is 4.74 Å². The van der Waals surface area contributed by atoms with Crippen LogP contribution in [0.4, 0.5) is 0 Å². The zero-order chi connectivity index (χ0) is 11.6. The Morgan fingerprint density at radius 1 is 1.53 bits per heavy atom. The molecule has 84 valence electrons. The van der Waals surface area contributed by atoms with Crippen LogP contribution in [0.2, 0.25) is 0 Å². The molecule has 0 radical (unpaired) electrons. The zero-order valence-corrected chi connectivity index (χ0v) is 10.4. The van der Waals surface area contributed by atoms with E-state index in [1.165, 1.54) is 22.4 Å². The molecular weight excluding hydrogens is 264 g/mol. The molecule has 0 amide bonds. The van der Waals surface area contributed by atoms with Crippen LogP contribution >= 0.6 is 15.9 Å². The van der Waals surface area contributed by atoms with E-state index in [2.05, 4.69) is 15.9 Å². The molecule has 0 saturated carbocycles. The first kappa shape index (κ1) is 12.2. The summed E-state index contributed by atoms with van der Waals surface area (Å²) in [5.41, 5.74) is -0.671. The quantitative estimate of drug-likeness (QED) is 0.809. The molecule has 1 heterocycles. The fraction of sp³-hybridized carbons (Fsp3) is 0.556. The van der Waals surface area contributed by atoms with Gasteiger partial charge in [-0.15, -0.1) is 0 Å². The predicted molar refractivity (Wildman–Crippen MR) is 60.2 cm³/mol. The normalized spacial score (nSPS) is 12.8. The highest BCUT2D eigenvalue weighted by Gasteiger charge is 2.13. The van der Waals surface area contributed by atoms with E-state index in [1.54, 1.807) is 14.0 Å². The van der Waals surface area contributed by atoms with Gasteiger partial charge in [-0.05, 0) is 22.9 Å². The molecule has 0 aliphatic carbocycles. The SMILES string of the molecule is COC[C@H](C)n1c(=O)c(Br)cn(C)c1=O. The van der Waals surface area contributed by atoms with Crippen molar-refractivity contribution in [2.45, 2.75) is 13.0 Å². The Hall–Kier alpha value is -0.880. The van der Waals surface area contributed by atoms with Crippen molar-refractivity contribution in [3.05, 3.63) is 31.5 Å². The van der Waals surface area contributed by atoms with E-state index >= 15 is 0 Å². The van der Waals surface area contributed by atoms with Gasteiger partial charge in [-0.1, -0.05) is 0 Å². The molecular formula is C9H13BrN2O3. The molecule has 15 heavy (non-hydrogen) atoms. The summed E-state index contributed by atoms with van der Waals surface area (Å²) in [6.45, 7) is 2.09. The Morgan fingerprint density at radius 2 is 2.13 bits per heavy atom. The highest BCUT2D eigenvalue weighted by molar-refractivity contribution is 9.10. The molecule has 5 nitrogen and oxygen atoms in total. The summed E-state index contributed by atoms with van der Waals surface area (Å²) in [6.07, 6.45) is 1.46. The first-order valence-corrected chi connectivity index (χ1v) is 5.25. The molecule has 0 saturated heterocycles. The van der Waals surface area contributed by atoms with Crippen LogP contribution in [0.3, 0.4) is 0 Å². The minimum atomic E-state index is -0.340. The molecule has 1 atom stereocenters. The maximum atomic E-state index is 11.7. The lowest BCUT2D eigenvalue weighted by atomic mass is 10.3.